The molecule has 17 heavy (non-hydrogen) atoms. The first kappa shape index (κ1) is 15.7. The van der Waals surface area contributed by atoms with Crippen molar-refractivity contribution in [2.45, 2.75) is 13.3 Å². The number of hydrogen-bond donors (Lipinski definition) is 0. The van der Waals surface area contributed by atoms with Crippen LogP contribution in [-0.4, -0.2) is 30.0 Å². The van der Waals surface area contributed by atoms with E-state index in [-0.39, 0.29) is 0 Å². The minimum Gasteiger partial charge on any atom is -0.542 e. The molecule has 0 heterocycles. The van der Waals surface area contributed by atoms with Crippen LogP contribution in [0.2, 0.25) is 0 Å². The van der Waals surface area contributed by atoms with Crippen LogP contribution in [0.3, 0.4) is 0 Å². The summed E-state index contributed by atoms with van der Waals surface area (Å²) in [4.78, 5) is 18.7. The highest BCUT2D eigenvalue weighted by Gasteiger charge is 2.01. The zero-order valence-corrected chi connectivity index (χ0v) is 11.3. The lowest BCUT2D eigenvalue weighted by atomic mass is 10.2. The Morgan fingerprint density at radius 3 is 2.00 bits per heavy atom. The molecule has 0 radical (unpaired) electrons. The second-order valence-corrected chi connectivity index (χ2v) is 6.15. The van der Waals surface area contributed by atoms with Crippen molar-refractivity contribution in [2.75, 3.05) is 18.3 Å². The van der Waals surface area contributed by atoms with Crippen molar-refractivity contribution in [3.05, 3.63) is 35.9 Å². The maximum Gasteiger partial charge on any atom is 0.175 e. The van der Waals surface area contributed by atoms with Gasteiger partial charge in [0.15, 0.2) is 5.78 Å². The van der Waals surface area contributed by atoms with Crippen LogP contribution in [0.15, 0.2) is 30.3 Å². The first-order valence-electron chi connectivity index (χ1n) is 5.23. The van der Waals surface area contributed by atoms with Crippen molar-refractivity contribution in [2.24, 2.45) is 0 Å². The van der Waals surface area contributed by atoms with Crippen LogP contribution in [0.5, 0.6) is 0 Å². The zero-order chi connectivity index (χ0) is 13.3. The Kier molecular flexibility index (Phi) is 8.15. The lowest BCUT2D eigenvalue weighted by molar-refractivity contribution is -0.299. The van der Waals surface area contributed by atoms with E-state index in [9.17, 15) is 14.7 Å². The fourth-order valence-electron chi connectivity index (χ4n) is 0.967. The van der Waals surface area contributed by atoms with Crippen LogP contribution >= 0.6 is 0 Å². The summed E-state index contributed by atoms with van der Waals surface area (Å²) < 4.78 is 0. The quantitative estimate of drug-likeness (QED) is 0.578. The number of carbonyl (C=O) groups excluding carboxylic acids is 2. The highest BCUT2D eigenvalue weighted by Crippen LogP contribution is 2.00. The Morgan fingerprint density at radius 1 is 1.18 bits per heavy atom. The van der Waals surface area contributed by atoms with E-state index in [4.69, 9.17) is 0 Å². The number of rotatable bonds is 4. The van der Waals surface area contributed by atoms with Gasteiger partial charge in [0, 0.05) is 13.3 Å². The number of ketones is 1. The second-order valence-electron chi connectivity index (χ2n) is 3.77. The third kappa shape index (κ3) is 9.63. The van der Waals surface area contributed by atoms with Crippen molar-refractivity contribution in [1.29, 1.82) is 0 Å². The number of Topliss-reactive ketones (excluding diaryl/α,β-unsaturated/α-hetero) is 1. The molecular formula is C13H18O3S. The third-order valence-corrected chi connectivity index (χ3v) is 2.95. The Bertz CT molecular complexity index is 335. The van der Waals surface area contributed by atoms with E-state index in [1.165, 1.54) is 17.7 Å². The molecule has 3 nitrogen and oxygen atoms in total. The van der Waals surface area contributed by atoms with Crippen molar-refractivity contribution in [3.63, 3.8) is 0 Å². The number of carboxylic acids is 1. The first-order valence-corrected chi connectivity index (χ1v) is 7.44. The standard InChI is InChI=1S/C10H15S.C3H4O3/c1-11(2)9-8-10-6-4-3-5-7-10;1-2(4)3(5)6/h3-7H,8-9H2,1-2H3;1H3,(H,5,6)/q+1;/p-1. The summed E-state index contributed by atoms with van der Waals surface area (Å²) in [5.74, 6) is -1.24. The molecule has 1 aromatic rings. The van der Waals surface area contributed by atoms with Crippen LogP contribution in [-0.2, 0) is 26.9 Å². The van der Waals surface area contributed by atoms with Gasteiger partial charge in [-0.05, 0) is 16.5 Å². The van der Waals surface area contributed by atoms with E-state index in [2.05, 4.69) is 42.8 Å². The van der Waals surface area contributed by atoms with Crippen LogP contribution in [0.4, 0.5) is 0 Å². The highest BCUT2D eigenvalue weighted by molar-refractivity contribution is 7.95. The minimum absolute atomic E-state index is 0.584. The molecule has 0 bridgehead atoms. The third-order valence-electron chi connectivity index (χ3n) is 1.93. The molecule has 1 aromatic carbocycles. The number of aliphatic carboxylic acids is 1. The molecular weight excluding hydrogens is 236 g/mol. The number of benzene rings is 1. The number of carboxylic acid groups (broad SMARTS) is 1. The second kappa shape index (κ2) is 8.82. The summed E-state index contributed by atoms with van der Waals surface area (Å²) in [6.07, 6.45) is 5.82. The normalized spacial score (nSPS) is 9.41. The fourth-order valence-corrected chi connectivity index (χ4v) is 1.61. The lowest BCUT2D eigenvalue weighted by Gasteiger charge is -1.97. The van der Waals surface area contributed by atoms with Gasteiger partial charge in [0.1, 0.15) is 11.7 Å². The van der Waals surface area contributed by atoms with Crippen molar-refractivity contribution >= 4 is 22.6 Å². The lowest BCUT2D eigenvalue weighted by Crippen LogP contribution is -2.29. The van der Waals surface area contributed by atoms with E-state index >= 15 is 0 Å². The largest absolute Gasteiger partial charge is 0.542 e. The van der Waals surface area contributed by atoms with Crippen molar-refractivity contribution in [1.82, 2.24) is 0 Å². The topological polar surface area (TPSA) is 57.2 Å². The molecule has 0 aliphatic rings. The number of hydrogen-bond acceptors (Lipinski definition) is 3. The molecule has 4 heteroatoms. The number of aryl methyl sites for hydroxylation is 1. The first-order chi connectivity index (χ1) is 7.93. The van der Waals surface area contributed by atoms with Gasteiger partial charge in [0.2, 0.25) is 0 Å². The monoisotopic (exact) mass is 254 g/mol. The van der Waals surface area contributed by atoms with Crippen LogP contribution in [0.1, 0.15) is 12.5 Å². The molecule has 0 spiro atoms. The van der Waals surface area contributed by atoms with Gasteiger partial charge in [-0.2, -0.15) is 0 Å². The predicted octanol–water partition coefficient (Wildman–Crippen LogP) is 0.432. The van der Waals surface area contributed by atoms with E-state index in [1.807, 2.05) is 0 Å². The SMILES string of the molecule is CC(=O)C(=O)[O-].C[S+](C)CCc1ccccc1. The van der Waals surface area contributed by atoms with Gasteiger partial charge < -0.3 is 9.90 Å². The summed E-state index contributed by atoms with van der Waals surface area (Å²) in [5, 5.41) is 9.24. The number of carbonyl (C=O) groups is 2. The summed E-state index contributed by atoms with van der Waals surface area (Å²) >= 11 is 0. The smallest absolute Gasteiger partial charge is 0.175 e. The molecule has 0 aromatic heterocycles. The van der Waals surface area contributed by atoms with Crippen LogP contribution in [0, 0.1) is 0 Å². The summed E-state index contributed by atoms with van der Waals surface area (Å²) in [7, 11) is 0.584. The van der Waals surface area contributed by atoms with Crippen molar-refractivity contribution < 1.29 is 14.7 Å². The minimum atomic E-state index is -1.63. The summed E-state index contributed by atoms with van der Waals surface area (Å²) in [6, 6.07) is 10.7. The predicted molar refractivity (Wildman–Crippen MR) is 69.9 cm³/mol. The molecule has 0 aliphatic carbocycles. The average Bonchev–Trinajstić information content (AvgIpc) is 2.28. The van der Waals surface area contributed by atoms with Gasteiger partial charge in [-0.15, -0.1) is 0 Å². The molecule has 0 amide bonds. The molecule has 94 valence electrons. The molecule has 0 atom stereocenters. The van der Waals surface area contributed by atoms with Gasteiger partial charge in [0.05, 0.1) is 12.5 Å². The van der Waals surface area contributed by atoms with E-state index in [1.54, 1.807) is 0 Å². The maximum absolute atomic E-state index is 9.48. The molecule has 0 saturated heterocycles. The molecule has 0 N–H and O–H groups in total. The van der Waals surface area contributed by atoms with Gasteiger partial charge >= 0.3 is 0 Å². The Morgan fingerprint density at radius 2 is 1.65 bits per heavy atom. The van der Waals surface area contributed by atoms with E-state index in [0.29, 0.717) is 10.9 Å². The molecule has 0 aliphatic heterocycles. The van der Waals surface area contributed by atoms with Gasteiger partial charge in [-0.25, -0.2) is 0 Å². The van der Waals surface area contributed by atoms with E-state index in [0.717, 1.165) is 6.92 Å². The molecule has 0 saturated carbocycles. The van der Waals surface area contributed by atoms with Gasteiger partial charge in [0.25, 0.3) is 0 Å². The highest BCUT2D eigenvalue weighted by atomic mass is 32.2. The molecule has 0 fully saturated rings. The molecule has 0 unspecified atom stereocenters. The van der Waals surface area contributed by atoms with Gasteiger partial charge in [-0.3, -0.25) is 4.79 Å². The average molecular weight is 254 g/mol. The Hall–Kier alpha value is -1.29. The summed E-state index contributed by atoms with van der Waals surface area (Å²) in [6.45, 7) is 0.940. The summed E-state index contributed by atoms with van der Waals surface area (Å²) in [5.41, 5.74) is 1.47. The van der Waals surface area contributed by atoms with Crippen molar-refractivity contribution in [3.8, 4) is 0 Å². The zero-order valence-electron chi connectivity index (χ0n) is 10.4. The Balaban J connectivity index is 0.000000366. The molecule has 1 rings (SSSR count). The van der Waals surface area contributed by atoms with Crippen LogP contribution < -0.4 is 5.11 Å². The fraction of sp³-hybridized carbons (Fsp3) is 0.385. The van der Waals surface area contributed by atoms with Crippen LogP contribution in [0.25, 0.3) is 0 Å². The van der Waals surface area contributed by atoms with E-state index < -0.39 is 11.8 Å². The Labute approximate surface area is 105 Å². The maximum atomic E-state index is 9.48. The van der Waals surface area contributed by atoms with Gasteiger partial charge in [-0.1, -0.05) is 30.3 Å².